The molecule has 1 amide bonds. The number of carbonyl (C=O) groups is 1. The van der Waals surface area contributed by atoms with Crippen molar-refractivity contribution < 1.29 is 14.3 Å². The minimum atomic E-state index is -1.26. The molecular formula is C14H20N4O4. The van der Waals surface area contributed by atoms with Crippen LogP contribution >= 0.6 is 0 Å². The summed E-state index contributed by atoms with van der Waals surface area (Å²) in [5.74, 6) is 0.899. The number of carbonyl (C=O) groups excluding carboxylic acids is 1. The molecule has 0 aliphatic heterocycles. The molecule has 0 spiro atoms. The number of amides is 1. The van der Waals surface area contributed by atoms with E-state index in [1.54, 1.807) is 33.9 Å². The lowest BCUT2D eigenvalue weighted by atomic mass is 9.96. The van der Waals surface area contributed by atoms with Gasteiger partial charge in [0.15, 0.2) is 0 Å². The van der Waals surface area contributed by atoms with Gasteiger partial charge < -0.3 is 14.8 Å². The third kappa shape index (κ3) is 3.28. The lowest BCUT2D eigenvalue weighted by Crippen LogP contribution is -2.41. The average molecular weight is 308 g/mol. The van der Waals surface area contributed by atoms with E-state index in [2.05, 4.69) is 10.4 Å². The summed E-state index contributed by atoms with van der Waals surface area (Å²) in [5, 5.41) is 16.9. The fourth-order valence-electron chi connectivity index (χ4n) is 2.25. The number of nitrogens with zero attached hydrogens (tertiary/aromatic N) is 3. The molecule has 0 radical (unpaired) electrons. The normalized spacial score (nSPS) is 13.9. The molecule has 22 heavy (non-hydrogen) atoms. The topological polar surface area (TPSA) is 102 Å². The first-order valence-corrected chi connectivity index (χ1v) is 6.86. The molecule has 8 heteroatoms. The maximum atomic E-state index is 11.9. The van der Waals surface area contributed by atoms with Crippen molar-refractivity contribution in [3.8, 4) is 0 Å². The summed E-state index contributed by atoms with van der Waals surface area (Å²) in [4.78, 5) is 23.5. The van der Waals surface area contributed by atoms with Gasteiger partial charge in [0.25, 0.3) is 0 Å². The van der Waals surface area contributed by atoms with Crippen LogP contribution in [0.4, 0.5) is 0 Å². The maximum absolute atomic E-state index is 11.9. The van der Waals surface area contributed by atoms with Gasteiger partial charge >= 0.3 is 5.69 Å². The fraction of sp³-hybridized carbons (Fsp3) is 0.500. The van der Waals surface area contributed by atoms with Crippen molar-refractivity contribution in [3.05, 3.63) is 40.0 Å². The third-order valence-electron chi connectivity index (χ3n) is 3.43. The van der Waals surface area contributed by atoms with E-state index in [1.165, 1.54) is 10.9 Å². The van der Waals surface area contributed by atoms with Crippen molar-refractivity contribution in [3.63, 3.8) is 0 Å². The van der Waals surface area contributed by atoms with Crippen LogP contribution < -0.4 is 11.0 Å². The second kappa shape index (κ2) is 5.80. The SMILES string of the molecule is Cc1cc(C(C)(O)CNC(=O)Cn2ncn(C)c2=O)c(C)o1. The monoisotopic (exact) mass is 308 g/mol. The molecule has 2 rings (SSSR count). The molecule has 120 valence electrons. The Morgan fingerprint density at radius 3 is 2.68 bits per heavy atom. The first kappa shape index (κ1) is 16.0. The Balaban J connectivity index is 1.99. The van der Waals surface area contributed by atoms with Crippen LogP contribution in [0.15, 0.2) is 21.6 Å². The van der Waals surface area contributed by atoms with Crippen molar-refractivity contribution in [1.29, 1.82) is 0 Å². The molecule has 1 unspecified atom stereocenters. The number of aromatic nitrogens is 3. The van der Waals surface area contributed by atoms with Crippen LogP contribution in [-0.2, 0) is 24.0 Å². The Kier molecular flexibility index (Phi) is 4.23. The van der Waals surface area contributed by atoms with Crippen molar-refractivity contribution >= 4 is 5.91 Å². The standard InChI is InChI=1S/C14H20N4O4/c1-9-5-11(10(2)22-9)14(3,21)7-15-12(19)6-18-13(20)17(4)8-16-18/h5,8,21H,6-7H2,1-4H3,(H,15,19). The van der Waals surface area contributed by atoms with Gasteiger partial charge in [-0.05, 0) is 26.8 Å². The average Bonchev–Trinajstić information content (AvgIpc) is 2.93. The summed E-state index contributed by atoms with van der Waals surface area (Å²) in [6, 6.07) is 1.74. The number of aliphatic hydroxyl groups is 1. The Hall–Kier alpha value is -2.35. The van der Waals surface area contributed by atoms with Crippen molar-refractivity contribution in [2.75, 3.05) is 6.54 Å². The van der Waals surface area contributed by atoms with Crippen LogP contribution in [0.2, 0.25) is 0 Å². The summed E-state index contributed by atoms with van der Waals surface area (Å²) >= 11 is 0. The molecule has 2 aromatic rings. The molecule has 2 heterocycles. The van der Waals surface area contributed by atoms with Crippen LogP contribution in [0.5, 0.6) is 0 Å². The second-order valence-electron chi connectivity index (χ2n) is 5.56. The predicted molar refractivity (Wildman–Crippen MR) is 78.2 cm³/mol. The molecule has 0 aliphatic rings. The molecule has 0 aromatic carbocycles. The summed E-state index contributed by atoms with van der Waals surface area (Å²) in [6.07, 6.45) is 1.34. The molecule has 0 aliphatic carbocycles. The van der Waals surface area contributed by atoms with E-state index in [9.17, 15) is 14.7 Å². The zero-order valence-corrected chi connectivity index (χ0v) is 13.1. The van der Waals surface area contributed by atoms with E-state index >= 15 is 0 Å². The van der Waals surface area contributed by atoms with E-state index in [4.69, 9.17) is 4.42 Å². The van der Waals surface area contributed by atoms with Gasteiger partial charge in [0, 0.05) is 12.6 Å². The van der Waals surface area contributed by atoms with Gasteiger partial charge in [-0.2, -0.15) is 5.10 Å². The van der Waals surface area contributed by atoms with Crippen LogP contribution in [0, 0.1) is 13.8 Å². The first-order valence-electron chi connectivity index (χ1n) is 6.86. The third-order valence-corrected chi connectivity index (χ3v) is 3.43. The Bertz CT molecular complexity index is 738. The number of hydrogen-bond donors (Lipinski definition) is 2. The molecule has 0 bridgehead atoms. The Morgan fingerprint density at radius 2 is 2.18 bits per heavy atom. The van der Waals surface area contributed by atoms with E-state index < -0.39 is 11.5 Å². The number of nitrogens with one attached hydrogen (secondary N) is 1. The predicted octanol–water partition coefficient (Wildman–Crippen LogP) is -0.184. The van der Waals surface area contributed by atoms with Gasteiger partial charge in [0.1, 0.15) is 30.0 Å². The van der Waals surface area contributed by atoms with Gasteiger partial charge in [0.05, 0.1) is 6.54 Å². The molecule has 1 atom stereocenters. The van der Waals surface area contributed by atoms with Gasteiger partial charge in [-0.25, -0.2) is 9.48 Å². The highest BCUT2D eigenvalue weighted by molar-refractivity contribution is 5.75. The highest BCUT2D eigenvalue weighted by Crippen LogP contribution is 2.26. The lowest BCUT2D eigenvalue weighted by molar-refractivity contribution is -0.123. The quantitative estimate of drug-likeness (QED) is 0.797. The van der Waals surface area contributed by atoms with Gasteiger partial charge in [-0.1, -0.05) is 0 Å². The van der Waals surface area contributed by atoms with E-state index in [0.29, 0.717) is 17.1 Å². The van der Waals surface area contributed by atoms with Gasteiger partial charge in [-0.15, -0.1) is 0 Å². The second-order valence-corrected chi connectivity index (χ2v) is 5.56. The minimum absolute atomic E-state index is 0.00717. The fourth-order valence-corrected chi connectivity index (χ4v) is 2.25. The zero-order valence-electron chi connectivity index (χ0n) is 13.1. The highest BCUT2D eigenvalue weighted by Gasteiger charge is 2.28. The van der Waals surface area contributed by atoms with Crippen LogP contribution in [0.3, 0.4) is 0 Å². The van der Waals surface area contributed by atoms with E-state index in [-0.39, 0.29) is 18.8 Å². The smallest absolute Gasteiger partial charge is 0.345 e. The molecule has 0 saturated carbocycles. The van der Waals surface area contributed by atoms with Crippen LogP contribution in [-0.4, -0.2) is 31.9 Å². The van der Waals surface area contributed by atoms with Crippen molar-refractivity contribution in [1.82, 2.24) is 19.7 Å². The summed E-state index contributed by atoms with van der Waals surface area (Å²) in [7, 11) is 1.55. The van der Waals surface area contributed by atoms with Crippen LogP contribution in [0.25, 0.3) is 0 Å². The largest absolute Gasteiger partial charge is 0.466 e. The van der Waals surface area contributed by atoms with Gasteiger partial charge in [0.2, 0.25) is 5.91 Å². The Labute approximate surface area is 127 Å². The summed E-state index contributed by atoms with van der Waals surface area (Å²) in [5.41, 5.74) is -1.00. The molecular weight excluding hydrogens is 288 g/mol. The number of aryl methyl sites for hydroxylation is 3. The zero-order chi connectivity index (χ0) is 16.5. The summed E-state index contributed by atoms with van der Waals surface area (Å²) < 4.78 is 7.72. The van der Waals surface area contributed by atoms with Crippen LogP contribution in [0.1, 0.15) is 24.0 Å². The van der Waals surface area contributed by atoms with Crippen molar-refractivity contribution in [2.45, 2.75) is 32.9 Å². The first-order chi connectivity index (χ1) is 10.2. The molecule has 0 fully saturated rings. The molecule has 2 aromatic heterocycles. The molecule has 2 N–H and O–H groups in total. The minimum Gasteiger partial charge on any atom is -0.466 e. The highest BCUT2D eigenvalue weighted by atomic mass is 16.3. The maximum Gasteiger partial charge on any atom is 0.345 e. The number of hydrogen-bond acceptors (Lipinski definition) is 5. The Morgan fingerprint density at radius 1 is 1.50 bits per heavy atom. The molecule has 8 nitrogen and oxygen atoms in total. The van der Waals surface area contributed by atoms with Crippen molar-refractivity contribution in [2.24, 2.45) is 7.05 Å². The lowest BCUT2D eigenvalue weighted by Gasteiger charge is -2.23. The summed E-state index contributed by atoms with van der Waals surface area (Å²) in [6.45, 7) is 4.95. The molecule has 0 saturated heterocycles. The number of furan rings is 1. The van der Waals surface area contributed by atoms with E-state index in [0.717, 1.165) is 4.68 Å². The number of rotatable bonds is 5. The van der Waals surface area contributed by atoms with E-state index in [1.807, 2.05) is 0 Å². The van der Waals surface area contributed by atoms with Gasteiger partial charge in [-0.3, -0.25) is 9.36 Å².